The molecule has 0 spiro atoms. The number of aromatic carboxylic acids is 1. The second-order valence-electron chi connectivity index (χ2n) is 9.07. The van der Waals surface area contributed by atoms with E-state index in [9.17, 15) is 4.79 Å². The van der Waals surface area contributed by atoms with Gasteiger partial charge in [-0.05, 0) is 61.9 Å². The molecule has 0 fully saturated rings. The van der Waals surface area contributed by atoms with Crippen molar-refractivity contribution in [1.82, 2.24) is 10.6 Å². The van der Waals surface area contributed by atoms with Crippen LogP contribution in [0.4, 0.5) is 0 Å². The molecule has 222 valence electrons. The summed E-state index contributed by atoms with van der Waals surface area (Å²) in [5, 5.41) is 23.9. The monoisotopic (exact) mass is 553 g/mol. The number of hydrogen-bond acceptors (Lipinski definition) is 5. The van der Waals surface area contributed by atoms with Gasteiger partial charge in [0, 0.05) is 25.5 Å². The molecule has 2 aromatic rings. The van der Waals surface area contributed by atoms with Gasteiger partial charge in [0.15, 0.2) is 0 Å². The van der Waals surface area contributed by atoms with Gasteiger partial charge in [-0.2, -0.15) is 0 Å². The zero-order valence-electron chi connectivity index (χ0n) is 25.3. The lowest BCUT2D eigenvalue weighted by Crippen LogP contribution is -2.14. The molecule has 0 aliphatic rings. The fourth-order valence-electron chi connectivity index (χ4n) is 2.66. The number of nitrogens with one attached hydrogen (secondary N) is 2. The molecule has 0 aliphatic carbocycles. The third-order valence-electron chi connectivity index (χ3n) is 5.60. The van der Waals surface area contributed by atoms with Crippen molar-refractivity contribution in [2.75, 3.05) is 20.2 Å². The van der Waals surface area contributed by atoms with Crippen molar-refractivity contribution < 1.29 is 19.7 Å². The first-order chi connectivity index (χ1) is 19.2. The molecule has 40 heavy (non-hydrogen) atoms. The highest BCUT2D eigenvalue weighted by molar-refractivity contribution is 5.90. The molecule has 1 unspecified atom stereocenters. The fourth-order valence-corrected chi connectivity index (χ4v) is 2.66. The van der Waals surface area contributed by atoms with E-state index in [1.807, 2.05) is 26.1 Å². The van der Waals surface area contributed by atoms with E-state index in [4.69, 9.17) is 14.9 Å². The van der Waals surface area contributed by atoms with Crippen LogP contribution in [0.2, 0.25) is 0 Å². The van der Waals surface area contributed by atoms with Crippen molar-refractivity contribution in [3.8, 4) is 11.5 Å². The maximum atomic E-state index is 11.2. The summed E-state index contributed by atoms with van der Waals surface area (Å²) in [5.74, 6) is 0.960. The molecular weight excluding hydrogens is 502 g/mol. The Balaban J connectivity index is 0. The normalized spacial score (nSPS) is 11.0. The number of aromatic hydroxyl groups is 1. The average molecular weight is 554 g/mol. The van der Waals surface area contributed by atoms with Crippen LogP contribution >= 0.6 is 0 Å². The number of carboxylic acid groups (broad SMARTS) is 1. The van der Waals surface area contributed by atoms with E-state index < -0.39 is 5.97 Å². The Morgan fingerprint density at radius 2 is 1.68 bits per heavy atom. The van der Waals surface area contributed by atoms with Crippen molar-refractivity contribution in [2.24, 2.45) is 16.8 Å². The van der Waals surface area contributed by atoms with Crippen molar-refractivity contribution in [2.45, 2.75) is 53.9 Å². The number of aryl methyl sites for hydroxylation is 1. The third kappa shape index (κ3) is 20.0. The van der Waals surface area contributed by atoms with Gasteiger partial charge in [0.2, 0.25) is 0 Å². The number of phenolic OH excluding ortho intramolecular Hbond substituents is 1. The lowest BCUT2D eigenvalue weighted by Gasteiger charge is -2.16. The molecule has 0 bridgehead atoms. The summed E-state index contributed by atoms with van der Waals surface area (Å²) in [6.45, 7) is 21.5. The van der Waals surface area contributed by atoms with Gasteiger partial charge in [-0.3, -0.25) is 4.99 Å². The molecule has 0 amide bonds. The van der Waals surface area contributed by atoms with E-state index >= 15 is 0 Å². The third-order valence-corrected chi connectivity index (χ3v) is 5.60. The molecular formula is C33H51N3O4. The van der Waals surface area contributed by atoms with Crippen LogP contribution in [0, 0.1) is 18.8 Å². The van der Waals surface area contributed by atoms with E-state index in [2.05, 4.69) is 63.1 Å². The Hall–Kier alpha value is -4.00. The highest BCUT2D eigenvalue weighted by atomic mass is 16.5. The van der Waals surface area contributed by atoms with Crippen LogP contribution in [0.15, 0.2) is 91.2 Å². The highest BCUT2D eigenvalue weighted by Crippen LogP contribution is 2.20. The van der Waals surface area contributed by atoms with Crippen molar-refractivity contribution in [1.29, 1.82) is 0 Å². The molecule has 0 saturated carbocycles. The van der Waals surface area contributed by atoms with Crippen molar-refractivity contribution >= 4 is 12.3 Å². The predicted octanol–water partition coefficient (Wildman–Crippen LogP) is 7.60. The minimum absolute atomic E-state index is 0.189. The number of carboxylic acids is 1. The second kappa shape index (κ2) is 25.3. The Kier molecular flexibility index (Phi) is 24.1. The van der Waals surface area contributed by atoms with Crippen LogP contribution in [0.3, 0.4) is 0 Å². The molecule has 0 radical (unpaired) electrons. The summed E-state index contributed by atoms with van der Waals surface area (Å²) >= 11 is 0. The maximum Gasteiger partial charge on any atom is 0.339 e. The predicted molar refractivity (Wildman–Crippen MR) is 170 cm³/mol. The zero-order chi connectivity index (χ0) is 30.8. The Bertz CT molecular complexity index is 964. The first kappa shape index (κ1) is 38.1. The summed E-state index contributed by atoms with van der Waals surface area (Å²) in [6.07, 6.45) is 8.25. The molecule has 2 aromatic carbocycles. The number of aliphatic imine (C=N–C) groups is 1. The van der Waals surface area contributed by atoms with Gasteiger partial charge < -0.3 is 25.6 Å². The minimum Gasteiger partial charge on any atom is -0.508 e. The van der Waals surface area contributed by atoms with Gasteiger partial charge >= 0.3 is 5.97 Å². The topological polar surface area (TPSA) is 103 Å². The SMILES string of the molecule is C=C.C=C/C(=C\NC=NCCC(CC)COc1ccccc1C(=O)O)NC.CCC(C)C.Cc1ccc(O)cc1. The lowest BCUT2D eigenvalue weighted by molar-refractivity contribution is 0.0691. The van der Waals surface area contributed by atoms with Crippen LogP contribution in [-0.4, -0.2) is 42.7 Å². The number of ether oxygens (including phenoxy) is 1. The number of rotatable bonds is 13. The quantitative estimate of drug-likeness (QED) is 0.0881. The number of benzene rings is 2. The molecule has 0 heterocycles. The molecule has 4 N–H and O–H groups in total. The molecule has 2 rings (SSSR count). The Labute approximate surface area is 242 Å². The number of hydrogen-bond donors (Lipinski definition) is 4. The number of likely N-dealkylation sites (N-methyl/N-ethyl adjacent to an activating group) is 1. The molecule has 7 nitrogen and oxygen atoms in total. The molecule has 0 aromatic heterocycles. The lowest BCUT2D eigenvalue weighted by atomic mass is 10.0. The molecule has 7 heteroatoms. The van der Waals surface area contributed by atoms with E-state index in [1.54, 1.807) is 55.0 Å². The highest BCUT2D eigenvalue weighted by Gasteiger charge is 2.12. The number of allylic oxidation sites excluding steroid dienone is 1. The fraction of sp³-hybridized carbons (Fsp3) is 0.394. The molecule has 0 aliphatic heterocycles. The van der Waals surface area contributed by atoms with Crippen LogP contribution in [-0.2, 0) is 0 Å². The number of carbonyl (C=O) groups is 1. The van der Waals surface area contributed by atoms with Gasteiger partial charge in [0.1, 0.15) is 17.1 Å². The van der Waals surface area contributed by atoms with E-state index in [1.165, 1.54) is 12.0 Å². The smallest absolute Gasteiger partial charge is 0.339 e. The summed E-state index contributed by atoms with van der Waals surface area (Å²) in [6, 6.07) is 13.8. The summed E-state index contributed by atoms with van der Waals surface area (Å²) < 4.78 is 5.71. The van der Waals surface area contributed by atoms with E-state index in [0.29, 0.717) is 30.6 Å². The summed E-state index contributed by atoms with van der Waals surface area (Å²) in [5.41, 5.74) is 2.24. The van der Waals surface area contributed by atoms with E-state index in [-0.39, 0.29) is 5.56 Å². The number of nitrogens with zero attached hydrogens (tertiary/aromatic N) is 1. The largest absolute Gasteiger partial charge is 0.508 e. The summed E-state index contributed by atoms with van der Waals surface area (Å²) in [4.78, 5) is 15.5. The van der Waals surface area contributed by atoms with Gasteiger partial charge in [-0.1, -0.05) is 70.5 Å². The Morgan fingerprint density at radius 3 is 2.15 bits per heavy atom. The van der Waals surface area contributed by atoms with Gasteiger partial charge in [0.05, 0.1) is 12.9 Å². The first-order valence-electron chi connectivity index (χ1n) is 13.6. The van der Waals surface area contributed by atoms with Gasteiger partial charge in [-0.15, -0.1) is 13.2 Å². The van der Waals surface area contributed by atoms with Crippen LogP contribution in [0.25, 0.3) is 0 Å². The summed E-state index contributed by atoms with van der Waals surface area (Å²) in [7, 11) is 1.82. The van der Waals surface area contributed by atoms with Crippen LogP contribution in [0.5, 0.6) is 11.5 Å². The van der Waals surface area contributed by atoms with E-state index in [0.717, 1.165) is 24.5 Å². The number of para-hydroxylation sites is 1. The molecule has 0 saturated heterocycles. The van der Waals surface area contributed by atoms with Crippen molar-refractivity contribution in [3.05, 3.63) is 97.4 Å². The average Bonchev–Trinajstić information content (AvgIpc) is 2.97. The maximum absolute atomic E-state index is 11.2. The minimum atomic E-state index is -0.979. The second-order valence-corrected chi connectivity index (χ2v) is 9.07. The first-order valence-corrected chi connectivity index (χ1v) is 13.6. The van der Waals surface area contributed by atoms with Crippen LogP contribution < -0.4 is 15.4 Å². The van der Waals surface area contributed by atoms with Crippen LogP contribution in [0.1, 0.15) is 62.9 Å². The van der Waals surface area contributed by atoms with Crippen molar-refractivity contribution in [3.63, 3.8) is 0 Å². The number of phenols is 1. The van der Waals surface area contributed by atoms with Gasteiger partial charge in [0.25, 0.3) is 0 Å². The standard InChI is InChI=1S/C19H27N3O3.C7H8O.C5H12.C2H4/c1-4-15(10-11-21-14-22-12-16(5-2)20-3)13-25-18-9-7-6-8-17(18)19(23)24;1-6-2-4-7(8)5-3-6;1-4-5(2)3;1-2/h5-9,12,14-15,20H,2,4,10-11,13H2,1,3H3,(H,21,22)(H,23,24);2-5,8H,1H3;5H,4H2,1-3H3;1-2H2/b16-12+;;;. The zero-order valence-corrected chi connectivity index (χ0v) is 25.3. The van der Waals surface area contributed by atoms with Gasteiger partial charge in [-0.25, -0.2) is 4.79 Å². The Morgan fingerprint density at radius 1 is 1.07 bits per heavy atom. The molecule has 1 atom stereocenters.